The molecule has 124 valence electrons. The number of Topliss-reactive ketones (excluding diaryl/α,β-unsaturated/α-hetero) is 1. The smallest absolute Gasteiger partial charge is 0.202 e. The van der Waals surface area contributed by atoms with E-state index in [1.165, 1.54) is 0 Å². The average Bonchev–Trinajstić information content (AvgIpc) is 2.62. The molecule has 0 aliphatic carbocycles. The Kier molecular flexibility index (Phi) is 6.14. The van der Waals surface area contributed by atoms with E-state index in [0.29, 0.717) is 21.2 Å². The van der Waals surface area contributed by atoms with Gasteiger partial charge in [0.05, 0.1) is 12.1 Å². The monoisotopic (exact) mass is 370 g/mol. The van der Waals surface area contributed by atoms with Gasteiger partial charge in [0.1, 0.15) is 17.5 Å². The minimum atomic E-state index is -1.14. The van der Waals surface area contributed by atoms with E-state index in [9.17, 15) is 15.3 Å². The summed E-state index contributed by atoms with van der Waals surface area (Å²) in [6, 6.07) is 16.7. The Morgan fingerprint density at radius 3 is 1.64 bits per heavy atom. The van der Waals surface area contributed by atoms with Crippen LogP contribution in [0.3, 0.4) is 0 Å². The summed E-state index contributed by atoms with van der Waals surface area (Å²) < 4.78 is 0. The number of ketones is 1. The number of hydrazone groups is 1. The maximum Gasteiger partial charge on any atom is 0.202 e. The highest BCUT2D eigenvalue weighted by atomic mass is 35.5. The number of nitrogens with two attached hydrogens (primary N) is 1. The minimum absolute atomic E-state index is 0.189. The van der Waals surface area contributed by atoms with Crippen molar-refractivity contribution >= 4 is 34.7 Å². The molecule has 2 N–H and O–H groups in total. The topological polar surface area (TPSA) is 103 Å². The lowest BCUT2D eigenvalue weighted by Crippen LogP contribution is -2.28. The molecule has 0 saturated heterocycles. The highest BCUT2D eigenvalue weighted by Crippen LogP contribution is 2.25. The highest BCUT2D eigenvalue weighted by Gasteiger charge is 2.31. The first kappa shape index (κ1) is 18.5. The number of carbonyl (C=O) groups excluding carboxylic acids is 1. The van der Waals surface area contributed by atoms with Crippen LogP contribution in [0.1, 0.15) is 23.0 Å². The van der Waals surface area contributed by atoms with Gasteiger partial charge in [-0.2, -0.15) is 15.6 Å². The van der Waals surface area contributed by atoms with Gasteiger partial charge in [0, 0.05) is 10.0 Å². The van der Waals surface area contributed by atoms with Crippen molar-refractivity contribution in [3.05, 3.63) is 69.7 Å². The van der Waals surface area contributed by atoms with Crippen LogP contribution < -0.4 is 5.84 Å². The number of carbonyl (C=O) groups is 1. The van der Waals surface area contributed by atoms with Gasteiger partial charge in [0.15, 0.2) is 0 Å². The summed E-state index contributed by atoms with van der Waals surface area (Å²) in [7, 11) is 0. The van der Waals surface area contributed by atoms with Gasteiger partial charge in [0.2, 0.25) is 5.78 Å². The van der Waals surface area contributed by atoms with E-state index >= 15 is 0 Å². The van der Waals surface area contributed by atoms with Crippen molar-refractivity contribution in [3.8, 4) is 12.1 Å². The minimum Gasteiger partial charge on any atom is -0.323 e. The van der Waals surface area contributed by atoms with E-state index in [2.05, 4.69) is 5.10 Å². The van der Waals surface area contributed by atoms with Crippen LogP contribution in [0.25, 0.3) is 0 Å². The molecule has 0 heterocycles. The van der Waals surface area contributed by atoms with Crippen LogP contribution >= 0.6 is 23.2 Å². The van der Waals surface area contributed by atoms with E-state index in [1.807, 2.05) is 12.1 Å². The maximum absolute atomic E-state index is 12.8. The second kappa shape index (κ2) is 8.30. The van der Waals surface area contributed by atoms with Gasteiger partial charge in [-0.1, -0.05) is 47.5 Å². The third kappa shape index (κ3) is 4.16. The van der Waals surface area contributed by atoms with Crippen molar-refractivity contribution in [2.45, 2.75) is 11.8 Å². The summed E-state index contributed by atoms with van der Waals surface area (Å²) in [5.74, 6) is 2.60. The fourth-order valence-corrected chi connectivity index (χ4v) is 2.57. The van der Waals surface area contributed by atoms with Crippen molar-refractivity contribution in [1.82, 2.24) is 0 Å². The lowest BCUT2D eigenvalue weighted by atomic mass is 9.86. The number of hydrogen-bond acceptors (Lipinski definition) is 5. The van der Waals surface area contributed by atoms with Gasteiger partial charge < -0.3 is 5.84 Å². The number of nitrogens with zero attached hydrogens (tertiary/aromatic N) is 3. The van der Waals surface area contributed by atoms with Crippen molar-refractivity contribution in [1.29, 1.82) is 10.5 Å². The fraction of sp³-hybridized carbons (Fsp3) is 0.111. The molecule has 0 bridgehead atoms. The quantitative estimate of drug-likeness (QED) is 0.491. The Morgan fingerprint density at radius 2 is 1.28 bits per heavy atom. The Balaban J connectivity index is 2.39. The molecule has 0 aliphatic rings. The summed E-state index contributed by atoms with van der Waals surface area (Å²) >= 11 is 11.7. The molecule has 0 aliphatic heterocycles. The van der Waals surface area contributed by atoms with Crippen molar-refractivity contribution in [3.63, 3.8) is 0 Å². The Labute approximate surface area is 154 Å². The first-order valence-electron chi connectivity index (χ1n) is 7.14. The summed E-state index contributed by atoms with van der Waals surface area (Å²) in [6.45, 7) is 0. The van der Waals surface area contributed by atoms with E-state index in [4.69, 9.17) is 29.0 Å². The zero-order valence-corrected chi connectivity index (χ0v) is 14.4. The molecule has 0 fully saturated rings. The predicted molar refractivity (Wildman–Crippen MR) is 96.2 cm³/mol. The van der Waals surface area contributed by atoms with E-state index in [1.54, 1.807) is 48.5 Å². The summed E-state index contributed by atoms with van der Waals surface area (Å²) in [6.07, 6.45) is 0. The third-order valence-electron chi connectivity index (χ3n) is 3.59. The largest absolute Gasteiger partial charge is 0.323 e. The molecule has 5 nitrogen and oxygen atoms in total. The number of nitriles is 2. The molecule has 0 aromatic heterocycles. The van der Waals surface area contributed by atoms with Gasteiger partial charge in [-0.25, -0.2) is 0 Å². The molecule has 0 unspecified atom stereocenters. The molecule has 0 amide bonds. The van der Waals surface area contributed by atoms with Crippen molar-refractivity contribution in [2.75, 3.05) is 0 Å². The van der Waals surface area contributed by atoms with E-state index < -0.39 is 17.6 Å². The Hall–Kier alpha value is -2.86. The molecule has 2 atom stereocenters. The molecule has 0 radical (unpaired) electrons. The first-order chi connectivity index (χ1) is 12.0. The van der Waals surface area contributed by atoms with Crippen molar-refractivity contribution < 1.29 is 4.79 Å². The fourth-order valence-electron chi connectivity index (χ4n) is 2.32. The summed E-state index contributed by atoms with van der Waals surface area (Å²) in [5.41, 5.74) is 0.773. The normalized spacial score (nSPS) is 13.4. The molecule has 25 heavy (non-hydrogen) atoms. The highest BCUT2D eigenvalue weighted by molar-refractivity contribution is 6.44. The molecule has 2 aromatic carbocycles. The average molecular weight is 371 g/mol. The van der Waals surface area contributed by atoms with Gasteiger partial charge >= 0.3 is 0 Å². The van der Waals surface area contributed by atoms with Gasteiger partial charge in [0.25, 0.3) is 0 Å². The SMILES string of the molecule is N#C[C@H](C(=O)/C(=N\N)[C@H](C#N)c1ccc(Cl)cc1)c1ccc(Cl)cc1. The third-order valence-corrected chi connectivity index (χ3v) is 4.10. The van der Waals surface area contributed by atoms with Gasteiger partial charge in [-0.15, -0.1) is 0 Å². The second-order valence-corrected chi connectivity index (χ2v) is 5.98. The molecule has 2 aromatic rings. The molecular weight excluding hydrogens is 359 g/mol. The number of benzene rings is 2. The number of rotatable bonds is 5. The molecule has 0 saturated carbocycles. The molecule has 0 spiro atoms. The Bertz CT molecular complexity index is 877. The predicted octanol–water partition coefficient (Wildman–Crippen LogP) is 3.79. The van der Waals surface area contributed by atoms with Gasteiger partial charge in [-0.3, -0.25) is 4.79 Å². The van der Waals surface area contributed by atoms with Crippen LogP contribution in [-0.4, -0.2) is 11.5 Å². The summed E-state index contributed by atoms with van der Waals surface area (Å²) in [4.78, 5) is 12.8. The van der Waals surface area contributed by atoms with Crippen LogP contribution in [0.5, 0.6) is 0 Å². The molecule has 7 heteroatoms. The zero-order chi connectivity index (χ0) is 18.4. The van der Waals surface area contributed by atoms with Crippen LogP contribution in [0, 0.1) is 22.7 Å². The molecule has 2 rings (SSSR count). The lowest BCUT2D eigenvalue weighted by Gasteiger charge is -2.14. The number of hydrogen-bond donors (Lipinski definition) is 1. The number of halogens is 2. The Morgan fingerprint density at radius 1 is 0.880 bits per heavy atom. The van der Waals surface area contributed by atoms with Crippen LogP contribution in [0.4, 0.5) is 0 Å². The lowest BCUT2D eigenvalue weighted by molar-refractivity contribution is -0.113. The molecular formula is C18H12Cl2N4O. The summed E-state index contributed by atoms with van der Waals surface area (Å²) in [5, 5.41) is 23.4. The van der Waals surface area contributed by atoms with E-state index in [0.717, 1.165) is 0 Å². The second-order valence-electron chi connectivity index (χ2n) is 5.11. The standard InChI is InChI=1S/C18H12Cl2N4O/c19-13-5-1-11(2-6-13)15(9-21)17(24-23)18(25)16(10-22)12-3-7-14(20)8-4-12/h1-8,15-16H,23H2/b24-17-/t15-,16+/m1/s1. The van der Waals surface area contributed by atoms with Crippen LogP contribution in [-0.2, 0) is 4.79 Å². The maximum atomic E-state index is 12.8. The van der Waals surface area contributed by atoms with Crippen LogP contribution in [0.2, 0.25) is 10.0 Å². The van der Waals surface area contributed by atoms with Gasteiger partial charge in [-0.05, 0) is 35.4 Å². The zero-order valence-electron chi connectivity index (χ0n) is 12.9. The van der Waals surface area contributed by atoms with Crippen LogP contribution in [0.15, 0.2) is 53.6 Å². The van der Waals surface area contributed by atoms with Crippen molar-refractivity contribution in [2.24, 2.45) is 10.9 Å². The first-order valence-corrected chi connectivity index (χ1v) is 7.89. The van der Waals surface area contributed by atoms with E-state index in [-0.39, 0.29) is 5.71 Å².